The molecule has 0 heterocycles. The molecule has 0 amide bonds. The van der Waals surface area contributed by atoms with Crippen molar-refractivity contribution < 1.29 is 13.5 Å². The van der Waals surface area contributed by atoms with Gasteiger partial charge in [0, 0.05) is 17.0 Å². The molecule has 3 rings (SSSR count). The van der Waals surface area contributed by atoms with E-state index in [9.17, 15) is 8.78 Å². The highest BCUT2D eigenvalue weighted by Gasteiger charge is 2.41. The first-order valence-electron chi connectivity index (χ1n) is 6.41. The lowest BCUT2D eigenvalue weighted by Crippen LogP contribution is -2.43. The minimum atomic E-state index is -2.87. The molecule has 0 bridgehead atoms. The van der Waals surface area contributed by atoms with Crippen molar-refractivity contribution in [1.29, 1.82) is 0 Å². The number of alkyl halides is 2. The van der Waals surface area contributed by atoms with Gasteiger partial charge in [0.1, 0.15) is 0 Å². The number of anilines is 1. The molecule has 0 radical (unpaired) electrons. The molecule has 0 aromatic heterocycles. The van der Waals surface area contributed by atoms with Crippen LogP contribution in [0.25, 0.3) is 0 Å². The van der Waals surface area contributed by atoms with Gasteiger partial charge in [-0.25, -0.2) is 0 Å². The molecule has 2 aliphatic carbocycles. The zero-order chi connectivity index (χ0) is 14.3. The van der Waals surface area contributed by atoms with Gasteiger partial charge < -0.3 is 10.1 Å². The highest BCUT2D eigenvalue weighted by Crippen LogP contribution is 2.46. The molecule has 3 unspecified atom stereocenters. The summed E-state index contributed by atoms with van der Waals surface area (Å²) in [6.45, 7) is -2.87. The van der Waals surface area contributed by atoms with Crippen LogP contribution in [0, 0.1) is 11.8 Å². The van der Waals surface area contributed by atoms with E-state index >= 15 is 0 Å². The summed E-state index contributed by atoms with van der Waals surface area (Å²) in [5.74, 6) is 1.27. The summed E-state index contributed by atoms with van der Waals surface area (Å²) < 4.78 is 30.0. The largest absolute Gasteiger partial charge is 0.431 e. The summed E-state index contributed by atoms with van der Waals surface area (Å²) in [7, 11) is 0. The average Bonchev–Trinajstić information content (AvgIpc) is 2.71. The van der Waals surface area contributed by atoms with Gasteiger partial charge in [-0.15, -0.1) is 0 Å². The summed E-state index contributed by atoms with van der Waals surface area (Å²) in [6, 6.07) is 3.42. The van der Waals surface area contributed by atoms with Gasteiger partial charge in [-0.3, -0.25) is 0 Å². The fourth-order valence-corrected chi connectivity index (χ4v) is 3.86. The highest BCUT2D eigenvalue weighted by atomic mass is 79.9. The van der Waals surface area contributed by atoms with Crippen LogP contribution >= 0.6 is 27.5 Å². The van der Waals surface area contributed by atoms with Gasteiger partial charge in [-0.2, -0.15) is 8.78 Å². The molecular formula is C14H13BrClF2NO. The van der Waals surface area contributed by atoms with E-state index in [1.807, 2.05) is 0 Å². The lowest BCUT2D eigenvalue weighted by Gasteiger charge is -2.41. The highest BCUT2D eigenvalue weighted by molar-refractivity contribution is 9.10. The van der Waals surface area contributed by atoms with Crippen LogP contribution in [0.4, 0.5) is 14.5 Å². The molecule has 1 aromatic carbocycles. The van der Waals surface area contributed by atoms with Crippen LogP contribution in [0.3, 0.4) is 0 Å². The van der Waals surface area contributed by atoms with E-state index in [1.165, 1.54) is 0 Å². The lowest BCUT2D eigenvalue weighted by molar-refractivity contribution is -0.0499. The Balaban J connectivity index is 1.82. The number of hydrogen-bond donors (Lipinski definition) is 1. The van der Waals surface area contributed by atoms with Crippen molar-refractivity contribution in [3.05, 3.63) is 33.8 Å². The molecule has 1 aromatic rings. The summed E-state index contributed by atoms with van der Waals surface area (Å²) in [6.07, 6.45) is 6.53. The molecule has 3 atom stereocenters. The first kappa shape index (κ1) is 14.1. The second-order valence-electron chi connectivity index (χ2n) is 5.13. The van der Waals surface area contributed by atoms with Gasteiger partial charge in [0.05, 0.1) is 10.2 Å². The van der Waals surface area contributed by atoms with Gasteiger partial charge in [-0.05, 0) is 46.8 Å². The van der Waals surface area contributed by atoms with Crippen molar-refractivity contribution in [2.75, 3.05) is 5.32 Å². The Morgan fingerprint density at radius 2 is 2.20 bits per heavy atom. The van der Waals surface area contributed by atoms with Crippen molar-refractivity contribution in [1.82, 2.24) is 0 Å². The number of benzene rings is 1. The van der Waals surface area contributed by atoms with E-state index in [0.29, 0.717) is 27.0 Å². The first-order valence-corrected chi connectivity index (χ1v) is 7.58. The molecule has 20 heavy (non-hydrogen) atoms. The maximum atomic E-state index is 12.5. The Morgan fingerprint density at radius 3 is 2.90 bits per heavy atom. The molecular weight excluding hydrogens is 352 g/mol. The molecule has 0 spiro atoms. The summed E-state index contributed by atoms with van der Waals surface area (Å²) >= 11 is 9.20. The Morgan fingerprint density at radius 1 is 1.40 bits per heavy atom. The van der Waals surface area contributed by atoms with Crippen molar-refractivity contribution in [3.63, 3.8) is 0 Å². The number of rotatable bonds is 4. The molecule has 0 saturated heterocycles. The standard InChI is InChI=1S/C14H13BrClF2NO/c15-10-5-8(16)6-12(13(10)20-14(17)18)19-11-4-7-2-1-3-9(7)11/h1,3,5-7,9,11,14,19H,2,4H2. The number of halogens is 4. The Kier molecular flexibility index (Phi) is 3.91. The average molecular weight is 365 g/mol. The SMILES string of the molecule is FC(F)Oc1c(Br)cc(Cl)cc1NC1CC2CC=CC21. The second kappa shape index (κ2) is 5.53. The number of allylic oxidation sites excluding steroid dienone is 1. The van der Waals surface area contributed by atoms with Crippen molar-refractivity contribution in [3.8, 4) is 5.75 Å². The Bertz CT molecular complexity index is 552. The van der Waals surface area contributed by atoms with Crippen LogP contribution in [0.2, 0.25) is 5.02 Å². The van der Waals surface area contributed by atoms with Gasteiger partial charge in [0.15, 0.2) is 5.75 Å². The lowest BCUT2D eigenvalue weighted by atomic mass is 9.71. The normalized spacial score (nSPS) is 27.4. The maximum absolute atomic E-state index is 12.5. The number of hydrogen-bond acceptors (Lipinski definition) is 2. The molecule has 2 aliphatic rings. The Hall–Kier alpha value is -0.810. The van der Waals surface area contributed by atoms with Gasteiger partial charge in [0.2, 0.25) is 0 Å². The quantitative estimate of drug-likeness (QED) is 0.752. The van der Waals surface area contributed by atoms with Crippen LogP contribution in [-0.4, -0.2) is 12.7 Å². The smallest absolute Gasteiger partial charge is 0.387 e. The van der Waals surface area contributed by atoms with E-state index in [4.69, 9.17) is 11.6 Å². The fraction of sp³-hybridized carbons (Fsp3) is 0.429. The zero-order valence-electron chi connectivity index (χ0n) is 10.5. The monoisotopic (exact) mass is 363 g/mol. The first-order chi connectivity index (χ1) is 9.54. The van der Waals surface area contributed by atoms with Crippen LogP contribution in [0.5, 0.6) is 5.75 Å². The predicted molar refractivity (Wildman–Crippen MR) is 78.5 cm³/mol. The van der Waals surface area contributed by atoms with Crippen LogP contribution in [0.1, 0.15) is 12.8 Å². The number of nitrogens with one attached hydrogen (secondary N) is 1. The second-order valence-corrected chi connectivity index (χ2v) is 6.42. The van der Waals surface area contributed by atoms with E-state index in [0.717, 1.165) is 12.8 Å². The number of fused-ring (bicyclic) bond motifs is 1. The molecule has 1 fully saturated rings. The van der Waals surface area contributed by atoms with Gasteiger partial charge >= 0.3 is 6.61 Å². The Labute approximate surface area is 129 Å². The third-order valence-corrected chi connectivity index (χ3v) is 4.73. The minimum absolute atomic E-state index is 0.106. The maximum Gasteiger partial charge on any atom is 0.387 e. The minimum Gasteiger partial charge on any atom is -0.431 e. The molecule has 2 nitrogen and oxygen atoms in total. The van der Waals surface area contributed by atoms with Crippen molar-refractivity contribution in [2.24, 2.45) is 11.8 Å². The summed E-state index contributed by atoms with van der Waals surface area (Å²) in [4.78, 5) is 0. The van der Waals surface area contributed by atoms with Crippen LogP contribution < -0.4 is 10.1 Å². The van der Waals surface area contributed by atoms with Crippen molar-refractivity contribution >= 4 is 33.2 Å². The van der Waals surface area contributed by atoms with E-state index in [1.54, 1.807) is 12.1 Å². The number of ether oxygens (including phenoxy) is 1. The van der Waals surface area contributed by atoms with Crippen LogP contribution in [0.15, 0.2) is 28.8 Å². The molecule has 1 N–H and O–H groups in total. The van der Waals surface area contributed by atoms with E-state index in [2.05, 4.69) is 38.1 Å². The van der Waals surface area contributed by atoms with E-state index < -0.39 is 6.61 Å². The molecule has 0 aliphatic heterocycles. The van der Waals surface area contributed by atoms with Crippen LogP contribution in [-0.2, 0) is 0 Å². The van der Waals surface area contributed by atoms with Crippen molar-refractivity contribution in [2.45, 2.75) is 25.5 Å². The molecule has 108 valence electrons. The fourth-order valence-electron chi connectivity index (χ4n) is 2.96. The van der Waals surface area contributed by atoms with Gasteiger partial charge in [0.25, 0.3) is 0 Å². The summed E-state index contributed by atoms with van der Waals surface area (Å²) in [5, 5.41) is 3.75. The van der Waals surface area contributed by atoms with E-state index in [-0.39, 0.29) is 11.8 Å². The predicted octanol–water partition coefficient (Wildman–Crippen LogP) is 5.08. The molecule has 1 saturated carbocycles. The topological polar surface area (TPSA) is 21.3 Å². The van der Waals surface area contributed by atoms with Gasteiger partial charge in [-0.1, -0.05) is 23.8 Å². The summed E-state index contributed by atoms with van der Waals surface area (Å²) in [5.41, 5.74) is 0.508. The third-order valence-electron chi connectivity index (χ3n) is 3.92. The zero-order valence-corrected chi connectivity index (χ0v) is 12.8. The third kappa shape index (κ3) is 2.66. The molecule has 6 heteroatoms.